The number of aryl methyl sites for hydroxylation is 1. The van der Waals surface area contributed by atoms with Gasteiger partial charge in [0.25, 0.3) is 5.91 Å². The van der Waals surface area contributed by atoms with E-state index in [0.717, 1.165) is 28.7 Å². The number of carbonyl (C=O) groups is 2. The van der Waals surface area contributed by atoms with Gasteiger partial charge in [0.2, 0.25) is 5.91 Å². The summed E-state index contributed by atoms with van der Waals surface area (Å²) in [6.45, 7) is 1.80. The maximum Gasteiger partial charge on any atom is 0.281 e. The zero-order chi connectivity index (χ0) is 19.1. The molecule has 2 amide bonds. The maximum absolute atomic E-state index is 12.4. The summed E-state index contributed by atoms with van der Waals surface area (Å²) >= 11 is 1.33. The van der Waals surface area contributed by atoms with E-state index in [-0.39, 0.29) is 11.8 Å². The zero-order valence-electron chi connectivity index (χ0n) is 15.2. The summed E-state index contributed by atoms with van der Waals surface area (Å²) in [6.07, 6.45) is 4.77. The average Bonchev–Trinajstić information content (AvgIpc) is 3.33. The van der Waals surface area contributed by atoms with Crippen LogP contribution in [0.25, 0.3) is 10.6 Å². The molecular weight excluding hydrogens is 398 g/mol. The molecule has 0 aliphatic carbocycles. The van der Waals surface area contributed by atoms with E-state index in [2.05, 4.69) is 15.8 Å². The van der Waals surface area contributed by atoms with Crippen LogP contribution in [0, 0.1) is 6.92 Å². The van der Waals surface area contributed by atoms with E-state index >= 15 is 0 Å². The summed E-state index contributed by atoms with van der Waals surface area (Å²) in [5, 5.41) is 1.54. The van der Waals surface area contributed by atoms with Gasteiger partial charge in [0.05, 0.1) is 5.69 Å². The summed E-state index contributed by atoms with van der Waals surface area (Å²) in [7, 11) is 3.91. The molecule has 1 saturated heterocycles. The molecule has 3 rings (SSSR count). The van der Waals surface area contributed by atoms with E-state index in [1.807, 2.05) is 51.9 Å². The van der Waals surface area contributed by atoms with E-state index in [9.17, 15) is 9.59 Å². The average molecular weight is 422 g/mol. The fourth-order valence-electron chi connectivity index (χ4n) is 2.78. The SMILES string of the molecule is Cc1nc(-c2ccccc2)sc1C(=O)NNC(=O)CCCCC1CCSS1. The van der Waals surface area contributed by atoms with Crippen molar-refractivity contribution in [1.29, 1.82) is 0 Å². The molecule has 1 fully saturated rings. The number of carbonyl (C=O) groups excluding carboxylic acids is 2. The van der Waals surface area contributed by atoms with Crippen molar-refractivity contribution >= 4 is 44.7 Å². The largest absolute Gasteiger partial charge is 0.281 e. The number of hydrogen-bond donors (Lipinski definition) is 2. The number of unbranched alkanes of at least 4 members (excludes halogenated alkanes) is 1. The number of hydrogen-bond acceptors (Lipinski definition) is 6. The van der Waals surface area contributed by atoms with E-state index in [1.165, 1.54) is 29.9 Å². The fraction of sp³-hybridized carbons (Fsp3) is 0.421. The molecule has 1 aromatic carbocycles. The van der Waals surface area contributed by atoms with Crippen molar-refractivity contribution in [3.8, 4) is 10.6 Å². The van der Waals surface area contributed by atoms with Crippen molar-refractivity contribution in [2.75, 3.05) is 5.75 Å². The van der Waals surface area contributed by atoms with Gasteiger partial charge in [-0.1, -0.05) is 58.3 Å². The second kappa shape index (κ2) is 10.1. The standard InChI is InChI=1S/C19H23N3O2S3/c1-13-17(26-19(20-13)14-7-3-2-4-8-14)18(24)22-21-16(23)10-6-5-9-15-11-12-25-27-15/h2-4,7-8,15H,5-6,9-12H2,1H3,(H,21,23)(H,22,24). The molecule has 1 aliphatic heterocycles. The van der Waals surface area contributed by atoms with Gasteiger partial charge < -0.3 is 0 Å². The lowest BCUT2D eigenvalue weighted by atomic mass is 10.1. The molecule has 1 unspecified atom stereocenters. The van der Waals surface area contributed by atoms with E-state index in [1.54, 1.807) is 6.92 Å². The summed E-state index contributed by atoms with van der Waals surface area (Å²) in [6, 6.07) is 9.75. The van der Waals surface area contributed by atoms with Gasteiger partial charge in [-0.3, -0.25) is 20.4 Å². The van der Waals surface area contributed by atoms with Crippen LogP contribution in [0.5, 0.6) is 0 Å². The lowest BCUT2D eigenvalue weighted by Gasteiger charge is -2.08. The van der Waals surface area contributed by atoms with Crippen molar-refractivity contribution in [3.05, 3.63) is 40.9 Å². The first-order valence-electron chi connectivity index (χ1n) is 9.04. The molecule has 144 valence electrons. The fourth-order valence-corrected chi connectivity index (χ4v) is 6.77. The molecule has 1 atom stereocenters. The smallest absolute Gasteiger partial charge is 0.273 e. The molecule has 2 aromatic rings. The lowest BCUT2D eigenvalue weighted by Crippen LogP contribution is -2.41. The van der Waals surface area contributed by atoms with Crippen LogP contribution in [-0.4, -0.2) is 27.8 Å². The van der Waals surface area contributed by atoms with Crippen molar-refractivity contribution in [3.63, 3.8) is 0 Å². The Morgan fingerprint density at radius 2 is 2.00 bits per heavy atom. The summed E-state index contributed by atoms with van der Waals surface area (Å²) in [5.41, 5.74) is 6.67. The predicted octanol–water partition coefficient (Wildman–Crippen LogP) is 4.59. The second-order valence-electron chi connectivity index (χ2n) is 6.38. The van der Waals surface area contributed by atoms with Crippen LogP contribution in [0.15, 0.2) is 30.3 Å². The Bertz CT molecular complexity index is 774. The Morgan fingerprint density at radius 1 is 1.19 bits per heavy atom. The van der Waals surface area contributed by atoms with Crippen LogP contribution in [0.1, 0.15) is 47.5 Å². The molecule has 2 heterocycles. The van der Waals surface area contributed by atoms with Crippen molar-refractivity contribution < 1.29 is 9.59 Å². The molecule has 0 bridgehead atoms. The molecule has 8 heteroatoms. The molecule has 1 aliphatic rings. The predicted molar refractivity (Wildman–Crippen MR) is 115 cm³/mol. The van der Waals surface area contributed by atoms with Gasteiger partial charge in [0.15, 0.2) is 0 Å². The Labute approximate surface area is 171 Å². The number of benzene rings is 1. The maximum atomic E-state index is 12.4. The van der Waals surface area contributed by atoms with Gasteiger partial charge in [0, 0.05) is 23.0 Å². The zero-order valence-corrected chi connectivity index (χ0v) is 17.6. The van der Waals surface area contributed by atoms with Crippen LogP contribution in [0.4, 0.5) is 0 Å². The highest BCUT2D eigenvalue weighted by Crippen LogP contribution is 2.39. The van der Waals surface area contributed by atoms with Crippen molar-refractivity contribution in [2.24, 2.45) is 0 Å². The van der Waals surface area contributed by atoms with Crippen LogP contribution >= 0.6 is 32.9 Å². The second-order valence-corrected chi connectivity index (χ2v) is 10.2. The molecule has 1 aromatic heterocycles. The highest BCUT2D eigenvalue weighted by atomic mass is 33.1. The number of nitrogens with one attached hydrogen (secondary N) is 2. The first-order chi connectivity index (χ1) is 13.1. The first-order valence-corrected chi connectivity index (χ1v) is 12.2. The number of aromatic nitrogens is 1. The number of nitrogens with zero attached hydrogens (tertiary/aromatic N) is 1. The Morgan fingerprint density at radius 3 is 2.74 bits per heavy atom. The minimum absolute atomic E-state index is 0.151. The van der Waals surface area contributed by atoms with Gasteiger partial charge in [-0.25, -0.2) is 4.98 Å². The molecular formula is C19H23N3O2S3. The minimum atomic E-state index is -0.320. The van der Waals surface area contributed by atoms with Crippen LogP contribution < -0.4 is 10.9 Å². The normalized spacial score (nSPS) is 16.3. The van der Waals surface area contributed by atoms with E-state index in [4.69, 9.17) is 0 Å². The summed E-state index contributed by atoms with van der Waals surface area (Å²) < 4.78 is 0. The van der Waals surface area contributed by atoms with Crippen LogP contribution in [0.2, 0.25) is 0 Å². The van der Waals surface area contributed by atoms with Gasteiger partial charge in [0.1, 0.15) is 9.88 Å². The minimum Gasteiger partial charge on any atom is -0.273 e. The summed E-state index contributed by atoms with van der Waals surface area (Å²) in [5.74, 6) is 0.771. The third-order valence-electron chi connectivity index (χ3n) is 4.25. The molecule has 5 nitrogen and oxygen atoms in total. The van der Waals surface area contributed by atoms with Crippen LogP contribution in [-0.2, 0) is 4.79 Å². The van der Waals surface area contributed by atoms with Gasteiger partial charge in [-0.05, 0) is 26.2 Å². The molecule has 0 saturated carbocycles. The molecule has 0 radical (unpaired) electrons. The van der Waals surface area contributed by atoms with E-state index < -0.39 is 0 Å². The molecule has 27 heavy (non-hydrogen) atoms. The highest BCUT2D eigenvalue weighted by molar-refractivity contribution is 8.77. The third kappa shape index (κ3) is 5.99. The van der Waals surface area contributed by atoms with Gasteiger partial charge >= 0.3 is 0 Å². The van der Waals surface area contributed by atoms with Gasteiger partial charge in [-0.2, -0.15) is 0 Å². The van der Waals surface area contributed by atoms with Crippen molar-refractivity contribution in [2.45, 2.75) is 44.3 Å². The monoisotopic (exact) mass is 421 g/mol. The Hall–Kier alpha value is -1.51. The van der Waals surface area contributed by atoms with Gasteiger partial charge in [-0.15, -0.1) is 11.3 Å². The Kier molecular flexibility index (Phi) is 7.60. The van der Waals surface area contributed by atoms with Crippen LogP contribution in [0.3, 0.4) is 0 Å². The molecule has 2 N–H and O–H groups in total. The lowest BCUT2D eigenvalue weighted by molar-refractivity contribution is -0.122. The quantitative estimate of drug-likeness (QED) is 0.389. The Balaban J connectivity index is 1.42. The molecule has 0 spiro atoms. The number of rotatable bonds is 7. The third-order valence-corrected chi connectivity index (χ3v) is 8.46. The first kappa shape index (κ1) is 20.2. The van der Waals surface area contributed by atoms with Crippen molar-refractivity contribution in [1.82, 2.24) is 15.8 Å². The topological polar surface area (TPSA) is 71.1 Å². The number of amides is 2. The summed E-state index contributed by atoms with van der Waals surface area (Å²) in [4.78, 5) is 29.3. The van der Waals surface area contributed by atoms with E-state index in [0.29, 0.717) is 17.0 Å². The highest BCUT2D eigenvalue weighted by Gasteiger charge is 2.17. The number of hydrazine groups is 1. The number of thiazole rings is 1.